The number of carbonyl (C=O) groups is 4. The Bertz CT molecular complexity index is 1190. The molecule has 0 aliphatic rings. The van der Waals surface area contributed by atoms with E-state index in [1.165, 1.54) is 0 Å². The molecule has 236 valence electrons. The lowest BCUT2D eigenvalue weighted by Gasteiger charge is -2.33. The number of aliphatic carboxylic acids is 1. The number of nitrogens with one attached hydrogen (secondary N) is 2. The van der Waals surface area contributed by atoms with Gasteiger partial charge in [-0.05, 0) is 30.5 Å². The van der Waals surface area contributed by atoms with Gasteiger partial charge < -0.3 is 34.3 Å². The molecule has 1 aromatic rings. The molecule has 13 heteroatoms. The second-order valence-corrected chi connectivity index (χ2v) is 16.6. The summed E-state index contributed by atoms with van der Waals surface area (Å²) >= 11 is 0. The average molecular weight is 637 g/mol. The van der Waals surface area contributed by atoms with Crippen LogP contribution in [0.4, 0.5) is 10.5 Å². The van der Waals surface area contributed by atoms with Crippen molar-refractivity contribution in [2.45, 2.75) is 44.0 Å². The summed E-state index contributed by atoms with van der Waals surface area (Å²) in [7, 11) is -6.07. The molecule has 1 aromatic carbocycles. The van der Waals surface area contributed by atoms with E-state index in [0.29, 0.717) is 5.69 Å². The van der Waals surface area contributed by atoms with Crippen molar-refractivity contribution in [3.8, 4) is 0 Å². The fourth-order valence-electron chi connectivity index (χ4n) is 4.35. The first-order chi connectivity index (χ1) is 20.4. The smallest absolute Gasteiger partial charge is 0.410 e. The number of rotatable bonds is 21. The largest absolute Gasteiger partial charge is 0.480 e. The van der Waals surface area contributed by atoms with Gasteiger partial charge in [0, 0.05) is 43.2 Å². The quantitative estimate of drug-likeness (QED) is 0.0651. The van der Waals surface area contributed by atoms with E-state index < -0.39 is 56.5 Å². The highest BCUT2D eigenvalue weighted by Gasteiger charge is 2.42. The Morgan fingerprint density at radius 3 is 1.84 bits per heavy atom. The zero-order chi connectivity index (χ0) is 32.5. The zero-order valence-electron chi connectivity index (χ0n) is 24.6. The highest BCUT2D eigenvalue weighted by molar-refractivity contribution is 7.82. The Labute approximate surface area is 253 Å². The second-order valence-electron chi connectivity index (χ2n) is 9.71. The minimum atomic E-state index is -3.03. The van der Waals surface area contributed by atoms with E-state index in [9.17, 15) is 33.4 Å². The van der Waals surface area contributed by atoms with E-state index in [4.69, 9.17) is 0 Å². The van der Waals surface area contributed by atoms with Gasteiger partial charge in [0.05, 0.1) is 5.40 Å². The topological polar surface area (TPSA) is 165 Å². The number of carboxylic acids is 1. The van der Waals surface area contributed by atoms with Crippen molar-refractivity contribution in [1.29, 1.82) is 0 Å². The van der Waals surface area contributed by atoms with Gasteiger partial charge in [-0.2, -0.15) is 0 Å². The first kappa shape index (κ1) is 37.3. The number of anilines is 1. The Morgan fingerprint density at radius 1 is 0.884 bits per heavy atom. The van der Waals surface area contributed by atoms with Crippen LogP contribution in [-0.2, 0) is 39.4 Å². The summed E-state index contributed by atoms with van der Waals surface area (Å²) in [5.74, 6) is -2.45. The molecule has 0 radical (unpaired) electrons. The molecule has 0 aromatic heterocycles. The first-order valence-corrected chi connectivity index (χ1v) is 18.0. The predicted molar refractivity (Wildman–Crippen MR) is 170 cm³/mol. The normalized spacial score (nSPS) is 12.0. The Balaban J connectivity index is 2.94. The molecule has 2 amide bonds. The van der Waals surface area contributed by atoms with Crippen LogP contribution in [0.1, 0.15) is 31.7 Å². The van der Waals surface area contributed by atoms with E-state index >= 15 is 0 Å². The van der Waals surface area contributed by atoms with E-state index in [2.05, 4.69) is 46.4 Å². The Morgan fingerprint density at radius 2 is 1.40 bits per heavy atom. The summed E-state index contributed by atoms with van der Waals surface area (Å²) in [6, 6.07) is 5.35. The molecule has 0 saturated carbocycles. The first-order valence-electron chi connectivity index (χ1n) is 13.7. The molecule has 0 saturated heterocycles. The fraction of sp³-hybridized carbons (Fsp3) is 0.400. The summed E-state index contributed by atoms with van der Waals surface area (Å²) in [5.41, 5.74) is 1.20. The van der Waals surface area contributed by atoms with Crippen LogP contribution in [0.5, 0.6) is 0 Å². The van der Waals surface area contributed by atoms with E-state index in [-0.39, 0.29) is 50.3 Å². The van der Waals surface area contributed by atoms with Gasteiger partial charge in [0.1, 0.15) is 20.3 Å². The van der Waals surface area contributed by atoms with Crippen molar-refractivity contribution >= 4 is 43.9 Å². The van der Waals surface area contributed by atoms with Crippen LogP contribution in [0, 0.1) is 0 Å². The minimum Gasteiger partial charge on any atom is -0.480 e. The van der Waals surface area contributed by atoms with Crippen molar-refractivity contribution < 1.29 is 42.9 Å². The lowest BCUT2D eigenvalue weighted by molar-refractivity contribution is -0.152. The van der Waals surface area contributed by atoms with Crippen LogP contribution >= 0.6 is 14.3 Å². The summed E-state index contributed by atoms with van der Waals surface area (Å²) in [4.78, 5) is 46.9. The molecule has 43 heavy (non-hydrogen) atoms. The molecule has 0 spiro atoms. The Kier molecular flexibility index (Phi) is 16.3. The van der Waals surface area contributed by atoms with Gasteiger partial charge in [-0.15, -0.1) is 26.3 Å². The van der Waals surface area contributed by atoms with Gasteiger partial charge in [-0.3, -0.25) is 9.59 Å². The highest BCUT2D eigenvalue weighted by atomic mass is 31.2. The van der Waals surface area contributed by atoms with Gasteiger partial charge >= 0.3 is 18.0 Å². The van der Waals surface area contributed by atoms with Crippen LogP contribution < -0.4 is 10.6 Å². The number of hydrogen-bond donors (Lipinski definition) is 3. The Hall–Kier alpha value is -3.68. The monoisotopic (exact) mass is 636 g/mol. The zero-order valence-corrected chi connectivity index (χ0v) is 26.4. The van der Waals surface area contributed by atoms with Gasteiger partial charge in [0.25, 0.3) is 0 Å². The maximum Gasteiger partial charge on any atom is 0.410 e. The number of amides is 2. The number of carbonyl (C=O) groups excluding carboxylic acids is 3. The van der Waals surface area contributed by atoms with Crippen LogP contribution in [0.15, 0.2) is 74.9 Å². The van der Waals surface area contributed by atoms with Crippen LogP contribution in [0.25, 0.3) is 0 Å². The summed E-state index contributed by atoms with van der Waals surface area (Å²) in [6.07, 6.45) is 5.98. The third-order valence-electron chi connectivity index (χ3n) is 6.44. The highest BCUT2D eigenvalue weighted by Crippen LogP contribution is 2.69. The number of esters is 1. The number of benzene rings is 1. The number of allylic oxidation sites excluding steroid dienone is 4. The molecule has 0 aliphatic heterocycles. The SMILES string of the molecule is C=CCP(=O)(CC=C)C(Cc1ccc(NC(=O)CC[C@H](NC(=O)OCOC(=O)CC)C(=O)O)cc1)P(=O)(CC=C)CC=C. The molecule has 1 atom stereocenters. The van der Waals surface area contributed by atoms with Gasteiger partial charge in [0.15, 0.2) is 0 Å². The molecule has 0 unspecified atom stereocenters. The van der Waals surface area contributed by atoms with E-state index in [0.717, 1.165) is 5.56 Å². The molecule has 0 heterocycles. The van der Waals surface area contributed by atoms with Gasteiger partial charge in [-0.1, -0.05) is 43.4 Å². The lowest BCUT2D eigenvalue weighted by atomic mass is 10.1. The summed E-state index contributed by atoms with van der Waals surface area (Å²) < 4.78 is 37.5. The van der Waals surface area contributed by atoms with Crippen LogP contribution in [0.3, 0.4) is 0 Å². The molecular weight excluding hydrogens is 594 g/mol. The van der Waals surface area contributed by atoms with Crippen LogP contribution in [-0.4, -0.2) is 71.9 Å². The van der Waals surface area contributed by atoms with E-state index in [1.54, 1.807) is 55.5 Å². The summed E-state index contributed by atoms with van der Waals surface area (Å²) in [6.45, 7) is 15.9. The van der Waals surface area contributed by atoms with Crippen LogP contribution in [0.2, 0.25) is 0 Å². The third-order valence-corrected chi connectivity index (χ3v) is 15.0. The molecule has 0 fully saturated rings. The fourth-order valence-corrected chi connectivity index (χ4v) is 12.7. The van der Waals surface area contributed by atoms with Crippen molar-refractivity contribution in [2.24, 2.45) is 0 Å². The molecule has 1 rings (SSSR count). The predicted octanol–water partition coefficient (Wildman–Crippen LogP) is 5.83. The van der Waals surface area contributed by atoms with Crippen molar-refractivity contribution in [3.63, 3.8) is 0 Å². The number of hydrogen-bond acceptors (Lipinski definition) is 8. The average Bonchev–Trinajstić information content (AvgIpc) is 2.94. The number of ether oxygens (including phenoxy) is 2. The third kappa shape index (κ3) is 12.6. The second kappa shape index (κ2) is 18.8. The number of carboxylic acid groups (broad SMARTS) is 1. The molecule has 0 aliphatic carbocycles. The molecular formula is C30H42N2O9P2. The van der Waals surface area contributed by atoms with Gasteiger partial charge in [0.2, 0.25) is 12.7 Å². The maximum atomic E-state index is 14.1. The van der Waals surface area contributed by atoms with Gasteiger partial charge in [-0.25, -0.2) is 9.59 Å². The number of alkyl carbamates (subject to hydrolysis) is 1. The molecule has 0 bridgehead atoms. The standard InChI is InChI=1S/C30H42N2O9P2/c1-6-17-42(38,18-7-2)28(43(39,19-8-3)20-9-4)21-23-11-13-24(14-12-23)31-26(33)16-15-25(29(35)36)32-30(37)41-22-40-27(34)10-5/h6-9,11-14,25,28H,1-4,10,15-22H2,5H3,(H,31,33)(H,32,37)(H,35,36)/t25-/m0/s1. The van der Waals surface area contributed by atoms with Crippen molar-refractivity contribution in [3.05, 3.63) is 80.4 Å². The lowest BCUT2D eigenvalue weighted by Crippen LogP contribution is -2.41. The van der Waals surface area contributed by atoms with Crippen molar-refractivity contribution in [2.75, 3.05) is 36.8 Å². The summed E-state index contributed by atoms with van der Waals surface area (Å²) in [5, 5.41) is 13.5. The van der Waals surface area contributed by atoms with Crippen molar-refractivity contribution in [1.82, 2.24) is 5.32 Å². The minimum absolute atomic E-state index is 0.0855. The van der Waals surface area contributed by atoms with E-state index in [1.807, 2.05) is 0 Å². The molecule has 11 nitrogen and oxygen atoms in total. The molecule has 3 N–H and O–H groups in total. The maximum absolute atomic E-state index is 14.1.